The van der Waals surface area contributed by atoms with Crippen molar-refractivity contribution in [3.05, 3.63) is 34.9 Å². The van der Waals surface area contributed by atoms with Gasteiger partial charge in [0.25, 0.3) is 0 Å². The van der Waals surface area contributed by atoms with Gasteiger partial charge < -0.3 is 4.52 Å². The first-order valence-corrected chi connectivity index (χ1v) is 7.92. The van der Waals surface area contributed by atoms with E-state index in [2.05, 4.69) is 0 Å². The van der Waals surface area contributed by atoms with E-state index in [-0.39, 0.29) is 6.10 Å². The van der Waals surface area contributed by atoms with Crippen molar-refractivity contribution in [2.24, 2.45) is 0 Å². The first-order valence-electron chi connectivity index (χ1n) is 6.00. The summed E-state index contributed by atoms with van der Waals surface area (Å²) in [5.41, 5.74) is 0.954. The normalized spacial score (nSPS) is 29.2. The van der Waals surface area contributed by atoms with Crippen LogP contribution in [-0.2, 0) is 13.6 Å². The SMILES string of the molecule is CC(C)(C)P1(=O)OCC[C@H](c2cccc(Cl)c2)O1. The third-order valence-corrected chi connectivity index (χ3v) is 5.88. The standard InChI is InChI=1S/C13H18ClO3P/c1-13(2,3)18(15)16-8-7-12(17-18)10-5-4-6-11(14)9-10/h4-6,9,12H,7-8H2,1-3H3/t12-,18?/m1/s1. The maximum atomic E-state index is 12.6. The highest BCUT2D eigenvalue weighted by Crippen LogP contribution is 2.64. The largest absolute Gasteiger partial charge is 0.336 e. The smallest absolute Gasteiger partial charge is 0.308 e. The topological polar surface area (TPSA) is 35.5 Å². The van der Waals surface area contributed by atoms with Gasteiger partial charge in [0.05, 0.1) is 17.9 Å². The van der Waals surface area contributed by atoms with Crippen LogP contribution in [0.4, 0.5) is 0 Å². The van der Waals surface area contributed by atoms with Gasteiger partial charge in [0, 0.05) is 11.4 Å². The van der Waals surface area contributed by atoms with E-state index in [0.717, 1.165) is 5.56 Å². The van der Waals surface area contributed by atoms with E-state index in [1.165, 1.54) is 0 Å². The fourth-order valence-electron chi connectivity index (χ4n) is 1.82. The molecule has 3 nitrogen and oxygen atoms in total. The summed E-state index contributed by atoms with van der Waals surface area (Å²) in [4.78, 5) is 0. The molecular formula is C13H18ClO3P. The molecule has 1 aromatic carbocycles. The van der Waals surface area contributed by atoms with E-state index >= 15 is 0 Å². The zero-order valence-corrected chi connectivity index (χ0v) is 12.5. The fourth-order valence-corrected chi connectivity index (χ4v) is 3.69. The van der Waals surface area contributed by atoms with Crippen LogP contribution in [0.25, 0.3) is 0 Å². The maximum Gasteiger partial charge on any atom is 0.336 e. The lowest BCUT2D eigenvalue weighted by atomic mass is 10.1. The van der Waals surface area contributed by atoms with Crippen molar-refractivity contribution in [1.82, 2.24) is 0 Å². The predicted molar refractivity (Wildman–Crippen MR) is 73.2 cm³/mol. The Kier molecular flexibility index (Phi) is 3.89. The molecule has 2 rings (SSSR count). The second kappa shape index (κ2) is 4.97. The molecule has 5 heteroatoms. The van der Waals surface area contributed by atoms with Crippen LogP contribution in [0.3, 0.4) is 0 Å². The lowest BCUT2D eigenvalue weighted by Crippen LogP contribution is -2.25. The van der Waals surface area contributed by atoms with Crippen molar-refractivity contribution >= 4 is 19.2 Å². The van der Waals surface area contributed by atoms with Crippen LogP contribution in [-0.4, -0.2) is 11.8 Å². The summed E-state index contributed by atoms with van der Waals surface area (Å²) in [7, 11) is -3.08. The molecule has 0 N–H and O–H groups in total. The number of benzene rings is 1. The molecule has 1 heterocycles. The van der Waals surface area contributed by atoms with E-state index in [0.29, 0.717) is 18.1 Å². The van der Waals surface area contributed by atoms with Crippen molar-refractivity contribution in [2.75, 3.05) is 6.61 Å². The van der Waals surface area contributed by atoms with Crippen molar-refractivity contribution in [3.63, 3.8) is 0 Å². The molecule has 1 aromatic rings. The number of rotatable bonds is 1. The van der Waals surface area contributed by atoms with Gasteiger partial charge in [0.15, 0.2) is 0 Å². The van der Waals surface area contributed by atoms with Gasteiger partial charge in [-0.3, -0.25) is 9.09 Å². The molecule has 0 radical (unpaired) electrons. The quantitative estimate of drug-likeness (QED) is 0.696. The van der Waals surface area contributed by atoms with Crippen LogP contribution in [0.15, 0.2) is 24.3 Å². The summed E-state index contributed by atoms with van der Waals surface area (Å²) < 4.78 is 23.8. The number of hydrogen-bond acceptors (Lipinski definition) is 3. The molecule has 18 heavy (non-hydrogen) atoms. The lowest BCUT2D eigenvalue weighted by molar-refractivity contribution is 0.0721. The Bertz CT molecular complexity index is 481. The van der Waals surface area contributed by atoms with E-state index in [4.69, 9.17) is 20.6 Å². The maximum absolute atomic E-state index is 12.6. The Hall–Kier alpha value is -0.340. The molecule has 0 aliphatic carbocycles. The van der Waals surface area contributed by atoms with Gasteiger partial charge in [-0.25, -0.2) is 0 Å². The van der Waals surface area contributed by atoms with Crippen LogP contribution in [0.5, 0.6) is 0 Å². The van der Waals surface area contributed by atoms with Crippen LogP contribution >= 0.6 is 19.2 Å². The third-order valence-electron chi connectivity index (χ3n) is 2.95. The molecule has 0 aromatic heterocycles. The summed E-state index contributed by atoms with van der Waals surface area (Å²) in [6.07, 6.45) is 0.489. The predicted octanol–water partition coefficient (Wildman–Crippen LogP) is 4.81. The van der Waals surface area contributed by atoms with Crippen molar-refractivity contribution < 1.29 is 13.6 Å². The van der Waals surface area contributed by atoms with Crippen LogP contribution in [0.1, 0.15) is 38.9 Å². The average Bonchev–Trinajstić information content (AvgIpc) is 2.27. The molecule has 1 aliphatic heterocycles. The molecule has 0 spiro atoms. The van der Waals surface area contributed by atoms with Gasteiger partial charge in [-0.1, -0.05) is 23.7 Å². The fraction of sp³-hybridized carbons (Fsp3) is 0.538. The number of hydrogen-bond donors (Lipinski definition) is 0. The molecule has 1 fully saturated rings. The summed E-state index contributed by atoms with van der Waals surface area (Å²) in [6.45, 7) is 6.06. The number of halogens is 1. The average molecular weight is 289 g/mol. The lowest BCUT2D eigenvalue weighted by Gasteiger charge is -2.37. The van der Waals surface area contributed by atoms with E-state index < -0.39 is 12.8 Å². The zero-order chi connectivity index (χ0) is 13.4. The van der Waals surface area contributed by atoms with E-state index in [1.807, 2.05) is 45.0 Å². The minimum Gasteiger partial charge on any atom is -0.308 e. The first kappa shape index (κ1) is 14.1. The van der Waals surface area contributed by atoms with Gasteiger partial charge in [-0.05, 0) is 38.5 Å². The van der Waals surface area contributed by atoms with E-state index in [1.54, 1.807) is 0 Å². The molecule has 100 valence electrons. The second-order valence-electron chi connectivity index (χ2n) is 5.44. The van der Waals surface area contributed by atoms with Crippen LogP contribution in [0, 0.1) is 0 Å². The first-order chi connectivity index (χ1) is 8.32. The summed E-state index contributed by atoms with van der Waals surface area (Å²) in [5, 5.41) is 0.151. The second-order valence-corrected chi connectivity index (χ2v) is 8.68. The zero-order valence-electron chi connectivity index (χ0n) is 10.9. The van der Waals surface area contributed by atoms with Gasteiger partial charge >= 0.3 is 7.60 Å². The summed E-state index contributed by atoms with van der Waals surface area (Å²) in [6, 6.07) is 7.48. The molecule has 0 amide bonds. The van der Waals surface area contributed by atoms with Crippen LogP contribution < -0.4 is 0 Å². The van der Waals surface area contributed by atoms with Crippen molar-refractivity contribution in [3.8, 4) is 0 Å². The highest BCUT2D eigenvalue weighted by atomic mass is 35.5. The monoisotopic (exact) mass is 288 g/mol. The Morgan fingerprint density at radius 2 is 2.11 bits per heavy atom. The molecule has 1 aliphatic rings. The minimum atomic E-state index is -3.08. The van der Waals surface area contributed by atoms with Gasteiger partial charge in [-0.15, -0.1) is 0 Å². The highest BCUT2D eigenvalue weighted by molar-refractivity contribution is 7.55. The Labute approximate surface area is 113 Å². The third kappa shape index (κ3) is 2.80. The van der Waals surface area contributed by atoms with Gasteiger partial charge in [0.2, 0.25) is 0 Å². The molecule has 1 unspecified atom stereocenters. The Balaban J connectivity index is 2.25. The van der Waals surface area contributed by atoms with E-state index in [9.17, 15) is 4.57 Å². The molecular weight excluding hydrogens is 271 g/mol. The molecule has 1 saturated heterocycles. The highest BCUT2D eigenvalue weighted by Gasteiger charge is 2.44. The molecule has 0 bridgehead atoms. The van der Waals surface area contributed by atoms with Gasteiger partial charge in [0.1, 0.15) is 0 Å². The van der Waals surface area contributed by atoms with Crippen molar-refractivity contribution in [1.29, 1.82) is 0 Å². The summed E-state index contributed by atoms with van der Waals surface area (Å²) >= 11 is 5.97. The van der Waals surface area contributed by atoms with Crippen LogP contribution in [0.2, 0.25) is 5.02 Å². The Morgan fingerprint density at radius 1 is 1.39 bits per heavy atom. The Morgan fingerprint density at radius 3 is 2.72 bits per heavy atom. The summed E-state index contributed by atoms with van der Waals surface area (Å²) in [5.74, 6) is 0. The van der Waals surface area contributed by atoms with Crippen molar-refractivity contribution in [2.45, 2.75) is 38.5 Å². The molecule has 0 saturated carbocycles. The van der Waals surface area contributed by atoms with Gasteiger partial charge in [-0.2, -0.15) is 0 Å². The minimum absolute atomic E-state index is 0.206. The molecule has 2 atom stereocenters.